The highest BCUT2D eigenvalue weighted by Gasteiger charge is 2.11. The molecule has 1 aromatic carbocycles. The van der Waals surface area contributed by atoms with E-state index >= 15 is 0 Å². The lowest BCUT2D eigenvalue weighted by molar-refractivity contribution is -0.384. The van der Waals surface area contributed by atoms with Crippen LogP contribution in [0.2, 0.25) is 0 Å². The van der Waals surface area contributed by atoms with Gasteiger partial charge < -0.3 is 4.42 Å². The first-order valence-electron chi connectivity index (χ1n) is 5.31. The number of aromatic nitrogens is 2. The van der Waals surface area contributed by atoms with Crippen LogP contribution in [0.4, 0.5) is 5.69 Å². The minimum Gasteiger partial charge on any atom is -0.388 e. The number of nitrogens with zero attached hydrogens (tertiary/aromatic N) is 4. The second kappa shape index (κ2) is 5.14. The Balaban J connectivity index is 2.29. The highest BCUT2D eigenvalue weighted by molar-refractivity contribution is 5.55. The number of nitro groups is 1. The van der Waals surface area contributed by atoms with Gasteiger partial charge in [0.05, 0.1) is 24.0 Å². The van der Waals surface area contributed by atoms with Crippen molar-refractivity contribution >= 4 is 5.69 Å². The van der Waals surface area contributed by atoms with Crippen molar-refractivity contribution in [2.75, 3.05) is 0 Å². The van der Waals surface area contributed by atoms with Gasteiger partial charge in [0, 0.05) is 17.7 Å². The SMILES string of the molecule is N#CCCn1nc(-c2ccc([N+](=O)[O-])cc2)oc1=O. The van der Waals surface area contributed by atoms with Gasteiger partial charge in [0.2, 0.25) is 5.89 Å². The fourth-order valence-corrected chi connectivity index (χ4v) is 1.45. The van der Waals surface area contributed by atoms with Gasteiger partial charge in [-0.15, -0.1) is 5.10 Å². The molecular weight excluding hydrogens is 252 g/mol. The highest BCUT2D eigenvalue weighted by Crippen LogP contribution is 2.19. The molecule has 0 aliphatic rings. The van der Waals surface area contributed by atoms with E-state index in [-0.39, 0.29) is 24.5 Å². The van der Waals surface area contributed by atoms with E-state index in [2.05, 4.69) is 5.10 Å². The molecule has 0 amide bonds. The maximum Gasteiger partial charge on any atom is 0.437 e. The molecule has 0 N–H and O–H groups in total. The quantitative estimate of drug-likeness (QED) is 0.604. The Bertz CT molecular complexity index is 693. The Labute approximate surface area is 106 Å². The molecule has 8 heteroatoms. The van der Waals surface area contributed by atoms with Crippen LogP contribution < -0.4 is 5.76 Å². The zero-order chi connectivity index (χ0) is 13.8. The molecule has 2 rings (SSSR count). The van der Waals surface area contributed by atoms with Gasteiger partial charge in [0.15, 0.2) is 0 Å². The lowest BCUT2D eigenvalue weighted by atomic mass is 10.2. The van der Waals surface area contributed by atoms with Crippen LogP contribution in [0.25, 0.3) is 11.5 Å². The summed E-state index contributed by atoms with van der Waals surface area (Å²) in [7, 11) is 0. The van der Waals surface area contributed by atoms with Crippen LogP contribution in [0.5, 0.6) is 0 Å². The molecular formula is C11H8N4O4. The van der Waals surface area contributed by atoms with E-state index < -0.39 is 10.7 Å². The van der Waals surface area contributed by atoms with Crippen molar-refractivity contribution in [1.82, 2.24) is 9.78 Å². The number of rotatable bonds is 4. The van der Waals surface area contributed by atoms with Gasteiger partial charge in [-0.05, 0) is 12.1 Å². The van der Waals surface area contributed by atoms with Crippen LogP contribution in [0, 0.1) is 21.4 Å². The number of hydrogen-bond acceptors (Lipinski definition) is 6. The van der Waals surface area contributed by atoms with Crippen LogP contribution in [0.3, 0.4) is 0 Å². The third-order valence-corrected chi connectivity index (χ3v) is 2.37. The first kappa shape index (κ1) is 12.5. The van der Waals surface area contributed by atoms with E-state index in [1.54, 1.807) is 0 Å². The van der Waals surface area contributed by atoms with Gasteiger partial charge in [-0.3, -0.25) is 10.1 Å². The topological polar surface area (TPSA) is 115 Å². The second-order valence-corrected chi connectivity index (χ2v) is 3.61. The predicted octanol–water partition coefficient (Wildman–Crippen LogP) is 1.33. The van der Waals surface area contributed by atoms with Gasteiger partial charge in [-0.1, -0.05) is 0 Å². The molecule has 0 saturated heterocycles. The van der Waals surface area contributed by atoms with Crippen molar-refractivity contribution in [3.63, 3.8) is 0 Å². The molecule has 96 valence electrons. The first-order valence-corrected chi connectivity index (χ1v) is 5.31. The molecule has 1 aromatic heterocycles. The van der Waals surface area contributed by atoms with Crippen LogP contribution in [0.1, 0.15) is 6.42 Å². The molecule has 0 unspecified atom stereocenters. The van der Waals surface area contributed by atoms with Crippen molar-refractivity contribution in [3.8, 4) is 17.5 Å². The molecule has 0 atom stereocenters. The molecule has 0 spiro atoms. The standard InChI is InChI=1S/C11H8N4O4/c12-6-1-7-14-11(16)19-10(13-14)8-2-4-9(5-3-8)15(17)18/h2-5H,1,7H2. The summed E-state index contributed by atoms with van der Waals surface area (Å²) in [6.07, 6.45) is 0.145. The smallest absolute Gasteiger partial charge is 0.388 e. The molecule has 19 heavy (non-hydrogen) atoms. The van der Waals surface area contributed by atoms with Crippen LogP contribution in [-0.4, -0.2) is 14.7 Å². The van der Waals surface area contributed by atoms with Crippen LogP contribution in [0.15, 0.2) is 33.5 Å². The fraction of sp³-hybridized carbons (Fsp3) is 0.182. The summed E-state index contributed by atoms with van der Waals surface area (Å²) in [5.74, 6) is -0.596. The Morgan fingerprint density at radius 3 is 2.68 bits per heavy atom. The molecule has 0 bridgehead atoms. The van der Waals surface area contributed by atoms with Gasteiger partial charge in [0.25, 0.3) is 5.69 Å². The Kier molecular flexibility index (Phi) is 3.38. The third kappa shape index (κ3) is 2.66. The number of nitro benzene ring substituents is 1. The number of aryl methyl sites for hydroxylation is 1. The van der Waals surface area contributed by atoms with E-state index in [4.69, 9.17) is 9.68 Å². The van der Waals surface area contributed by atoms with E-state index in [0.717, 1.165) is 4.68 Å². The Hall–Kier alpha value is -2.95. The van der Waals surface area contributed by atoms with Crippen molar-refractivity contribution in [2.24, 2.45) is 0 Å². The number of nitriles is 1. The lowest BCUT2D eigenvalue weighted by Gasteiger charge is -1.94. The molecule has 0 saturated carbocycles. The van der Waals surface area contributed by atoms with Gasteiger partial charge >= 0.3 is 5.76 Å². The number of hydrogen-bond donors (Lipinski definition) is 0. The summed E-state index contributed by atoms with van der Waals surface area (Å²) in [6, 6.07) is 7.37. The van der Waals surface area contributed by atoms with Crippen LogP contribution >= 0.6 is 0 Å². The van der Waals surface area contributed by atoms with E-state index in [1.165, 1.54) is 24.3 Å². The molecule has 2 aromatic rings. The maximum atomic E-state index is 11.4. The van der Waals surface area contributed by atoms with Gasteiger partial charge in [0.1, 0.15) is 0 Å². The van der Waals surface area contributed by atoms with Crippen molar-refractivity contribution in [1.29, 1.82) is 5.26 Å². The van der Waals surface area contributed by atoms with Crippen molar-refractivity contribution < 1.29 is 9.34 Å². The molecule has 1 heterocycles. The molecule has 0 aliphatic heterocycles. The molecule has 8 nitrogen and oxygen atoms in total. The second-order valence-electron chi connectivity index (χ2n) is 3.61. The minimum absolute atomic E-state index is 0.0602. The summed E-state index contributed by atoms with van der Waals surface area (Å²) in [6.45, 7) is 0.145. The van der Waals surface area contributed by atoms with E-state index in [0.29, 0.717) is 5.56 Å². The van der Waals surface area contributed by atoms with Crippen LogP contribution in [-0.2, 0) is 6.54 Å². The van der Waals surface area contributed by atoms with E-state index in [9.17, 15) is 14.9 Å². The first-order chi connectivity index (χ1) is 9.11. The van der Waals surface area contributed by atoms with Crippen molar-refractivity contribution in [3.05, 3.63) is 44.9 Å². The summed E-state index contributed by atoms with van der Waals surface area (Å²) in [5, 5.41) is 22.9. The van der Waals surface area contributed by atoms with Crippen molar-refractivity contribution in [2.45, 2.75) is 13.0 Å². The number of non-ortho nitro benzene ring substituents is 1. The van der Waals surface area contributed by atoms with Gasteiger partial charge in [-0.2, -0.15) is 9.94 Å². The largest absolute Gasteiger partial charge is 0.437 e. The number of benzene rings is 1. The van der Waals surface area contributed by atoms with Gasteiger partial charge in [-0.25, -0.2) is 4.79 Å². The normalized spacial score (nSPS) is 10.1. The molecule has 0 aliphatic carbocycles. The zero-order valence-electron chi connectivity index (χ0n) is 9.65. The zero-order valence-corrected chi connectivity index (χ0v) is 9.65. The highest BCUT2D eigenvalue weighted by atomic mass is 16.6. The Morgan fingerprint density at radius 2 is 2.11 bits per heavy atom. The Morgan fingerprint density at radius 1 is 1.42 bits per heavy atom. The lowest BCUT2D eigenvalue weighted by Crippen LogP contribution is -2.15. The fourth-order valence-electron chi connectivity index (χ4n) is 1.45. The molecule has 0 fully saturated rings. The third-order valence-electron chi connectivity index (χ3n) is 2.37. The monoisotopic (exact) mass is 260 g/mol. The summed E-state index contributed by atoms with van der Waals surface area (Å²) in [4.78, 5) is 21.4. The maximum absolute atomic E-state index is 11.4. The average Bonchev–Trinajstić information content (AvgIpc) is 2.78. The molecule has 0 radical (unpaired) electrons. The summed E-state index contributed by atoms with van der Waals surface area (Å²) >= 11 is 0. The minimum atomic E-state index is -0.663. The average molecular weight is 260 g/mol. The van der Waals surface area contributed by atoms with E-state index in [1.807, 2.05) is 6.07 Å². The predicted molar refractivity (Wildman–Crippen MR) is 63.1 cm³/mol. The summed E-state index contributed by atoms with van der Waals surface area (Å²) < 4.78 is 5.96. The summed E-state index contributed by atoms with van der Waals surface area (Å²) in [5.41, 5.74) is 0.397.